The van der Waals surface area contributed by atoms with Gasteiger partial charge in [-0.1, -0.05) is 54.1 Å². The first-order valence-electron chi connectivity index (χ1n) is 8.88. The third kappa shape index (κ3) is 3.47. The highest BCUT2D eigenvalue weighted by Crippen LogP contribution is 2.23. The Labute approximate surface area is 149 Å². The van der Waals surface area contributed by atoms with E-state index in [9.17, 15) is 0 Å². The SMILES string of the molecule is Cc1ccc(C)c(CN2CCc3nc(-c4ccccc4)ncc3C2)c1. The molecule has 0 atom stereocenters. The number of hydrogen-bond donors (Lipinski definition) is 0. The van der Waals surface area contributed by atoms with Crippen LogP contribution in [0.2, 0.25) is 0 Å². The van der Waals surface area contributed by atoms with Gasteiger partial charge >= 0.3 is 0 Å². The summed E-state index contributed by atoms with van der Waals surface area (Å²) in [7, 11) is 0. The van der Waals surface area contributed by atoms with E-state index in [0.717, 1.165) is 37.4 Å². The number of aryl methyl sites for hydroxylation is 2. The van der Waals surface area contributed by atoms with Crippen molar-refractivity contribution in [1.82, 2.24) is 14.9 Å². The van der Waals surface area contributed by atoms with Gasteiger partial charge in [-0.25, -0.2) is 9.97 Å². The van der Waals surface area contributed by atoms with E-state index in [1.807, 2.05) is 24.4 Å². The molecule has 2 heterocycles. The molecule has 0 unspecified atom stereocenters. The van der Waals surface area contributed by atoms with Gasteiger partial charge in [-0.15, -0.1) is 0 Å². The van der Waals surface area contributed by atoms with Gasteiger partial charge in [0, 0.05) is 43.4 Å². The summed E-state index contributed by atoms with van der Waals surface area (Å²) in [6, 6.07) is 16.9. The molecule has 0 saturated carbocycles. The molecule has 2 aromatic carbocycles. The summed E-state index contributed by atoms with van der Waals surface area (Å²) in [5.74, 6) is 0.835. The number of rotatable bonds is 3. The molecule has 0 radical (unpaired) electrons. The van der Waals surface area contributed by atoms with Gasteiger partial charge in [0.25, 0.3) is 0 Å². The lowest BCUT2D eigenvalue weighted by Crippen LogP contribution is -2.31. The van der Waals surface area contributed by atoms with Crippen molar-refractivity contribution >= 4 is 0 Å². The van der Waals surface area contributed by atoms with Crippen LogP contribution in [0, 0.1) is 13.8 Å². The minimum Gasteiger partial charge on any atom is -0.294 e. The van der Waals surface area contributed by atoms with E-state index in [2.05, 4.69) is 54.1 Å². The number of aromatic nitrogens is 2. The topological polar surface area (TPSA) is 29.0 Å². The monoisotopic (exact) mass is 329 g/mol. The molecule has 0 saturated heterocycles. The Hall–Kier alpha value is -2.52. The van der Waals surface area contributed by atoms with Gasteiger partial charge < -0.3 is 0 Å². The van der Waals surface area contributed by atoms with Crippen LogP contribution in [0.1, 0.15) is 27.9 Å². The fraction of sp³-hybridized carbons (Fsp3) is 0.273. The molecule has 0 fully saturated rings. The maximum Gasteiger partial charge on any atom is 0.159 e. The van der Waals surface area contributed by atoms with E-state index in [0.29, 0.717) is 0 Å². The lowest BCUT2D eigenvalue weighted by atomic mass is 10.0. The smallest absolute Gasteiger partial charge is 0.159 e. The molecular weight excluding hydrogens is 306 g/mol. The zero-order chi connectivity index (χ0) is 17.2. The van der Waals surface area contributed by atoms with Gasteiger partial charge in [0.15, 0.2) is 5.82 Å². The van der Waals surface area contributed by atoms with Crippen LogP contribution in [0.15, 0.2) is 54.7 Å². The maximum absolute atomic E-state index is 4.82. The summed E-state index contributed by atoms with van der Waals surface area (Å²) in [6.07, 6.45) is 3.00. The van der Waals surface area contributed by atoms with Gasteiger partial charge in [0.1, 0.15) is 0 Å². The van der Waals surface area contributed by atoms with Crippen molar-refractivity contribution in [2.75, 3.05) is 6.54 Å². The summed E-state index contributed by atoms with van der Waals surface area (Å²) < 4.78 is 0. The van der Waals surface area contributed by atoms with Crippen LogP contribution < -0.4 is 0 Å². The first-order valence-corrected chi connectivity index (χ1v) is 8.88. The molecule has 1 aromatic heterocycles. The second-order valence-electron chi connectivity index (χ2n) is 6.92. The Morgan fingerprint density at radius 3 is 2.72 bits per heavy atom. The lowest BCUT2D eigenvalue weighted by Gasteiger charge is -2.28. The molecule has 1 aliphatic heterocycles. The van der Waals surface area contributed by atoms with Crippen LogP contribution in [-0.2, 0) is 19.5 Å². The number of benzene rings is 2. The molecular formula is C22H23N3. The molecule has 0 spiro atoms. The van der Waals surface area contributed by atoms with Crippen LogP contribution in [0.5, 0.6) is 0 Å². The van der Waals surface area contributed by atoms with E-state index in [1.165, 1.54) is 27.9 Å². The zero-order valence-corrected chi connectivity index (χ0v) is 14.9. The quantitative estimate of drug-likeness (QED) is 0.716. The second kappa shape index (κ2) is 6.77. The predicted octanol–water partition coefficient (Wildman–Crippen LogP) is 4.32. The van der Waals surface area contributed by atoms with Crippen molar-refractivity contribution in [1.29, 1.82) is 0 Å². The Balaban J connectivity index is 1.53. The van der Waals surface area contributed by atoms with E-state index >= 15 is 0 Å². The van der Waals surface area contributed by atoms with Crippen LogP contribution in [0.25, 0.3) is 11.4 Å². The van der Waals surface area contributed by atoms with Crippen molar-refractivity contribution in [3.05, 3.63) is 82.7 Å². The van der Waals surface area contributed by atoms with E-state index < -0.39 is 0 Å². The highest BCUT2D eigenvalue weighted by atomic mass is 15.1. The predicted molar refractivity (Wildman–Crippen MR) is 101 cm³/mol. The van der Waals surface area contributed by atoms with Crippen LogP contribution in [0.3, 0.4) is 0 Å². The zero-order valence-electron chi connectivity index (χ0n) is 14.9. The first kappa shape index (κ1) is 16.0. The van der Waals surface area contributed by atoms with Crippen molar-refractivity contribution in [3.63, 3.8) is 0 Å². The highest BCUT2D eigenvalue weighted by Gasteiger charge is 2.19. The molecule has 0 N–H and O–H groups in total. The molecule has 3 aromatic rings. The van der Waals surface area contributed by atoms with E-state index in [-0.39, 0.29) is 0 Å². The summed E-state index contributed by atoms with van der Waals surface area (Å²) in [6.45, 7) is 7.33. The van der Waals surface area contributed by atoms with Crippen LogP contribution in [0.4, 0.5) is 0 Å². The molecule has 25 heavy (non-hydrogen) atoms. The summed E-state index contributed by atoms with van der Waals surface area (Å²) in [4.78, 5) is 11.9. The number of fused-ring (bicyclic) bond motifs is 1. The largest absolute Gasteiger partial charge is 0.294 e. The van der Waals surface area contributed by atoms with Gasteiger partial charge in [-0.2, -0.15) is 0 Å². The summed E-state index contributed by atoms with van der Waals surface area (Å²) in [5, 5.41) is 0. The third-order valence-electron chi connectivity index (χ3n) is 4.94. The molecule has 1 aliphatic rings. The van der Waals surface area contributed by atoms with E-state index in [1.54, 1.807) is 0 Å². The Bertz CT molecular complexity index is 887. The lowest BCUT2D eigenvalue weighted by molar-refractivity contribution is 0.242. The highest BCUT2D eigenvalue weighted by molar-refractivity contribution is 5.54. The Morgan fingerprint density at radius 1 is 1.04 bits per heavy atom. The second-order valence-corrected chi connectivity index (χ2v) is 6.92. The standard InChI is InChI=1S/C22H23N3/c1-16-8-9-17(2)19(12-16)14-25-11-10-21-20(15-25)13-23-22(24-21)18-6-4-3-5-7-18/h3-9,12-13H,10-11,14-15H2,1-2H3. The molecule has 3 heteroatoms. The third-order valence-corrected chi connectivity index (χ3v) is 4.94. The van der Waals surface area contributed by atoms with Crippen molar-refractivity contribution < 1.29 is 0 Å². The van der Waals surface area contributed by atoms with Gasteiger partial charge in [0.2, 0.25) is 0 Å². The van der Waals surface area contributed by atoms with Crippen LogP contribution >= 0.6 is 0 Å². The van der Waals surface area contributed by atoms with Crippen LogP contribution in [-0.4, -0.2) is 21.4 Å². The van der Waals surface area contributed by atoms with Crippen molar-refractivity contribution in [2.24, 2.45) is 0 Å². The minimum atomic E-state index is 0.835. The van der Waals surface area contributed by atoms with E-state index in [4.69, 9.17) is 4.98 Å². The van der Waals surface area contributed by atoms with Crippen molar-refractivity contribution in [2.45, 2.75) is 33.4 Å². The number of nitrogens with zero attached hydrogens (tertiary/aromatic N) is 3. The minimum absolute atomic E-state index is 0.835. The first-order chi connectivity index (χ1) is 12.2. The van der Waals surface area contributed by atoms with Gasteiger partial charge in [-0.3, -0.25) is 4.90 Å². The fourth-order valence-electron chi connectivity index (χ4n) is 3.45. The molecule has 4 rings (SSSR count). The van der Waals surface area contributed by atoms with Crippen molar-refractivity contribution in [3.8, 4) is 11.4 Å². The molecule has 3 nitrogen and oxygen atoms in total. The Kier molecular flexibility index (Phi) is 4.33. The Morgan fingerprint density at radius 2 is 1.88 bits per heavy atom. The van der Waals surface area contributed by atoms with Gasteiger partial charge in [0.05, 0.1) is 5.69 Å². The number of hydrogen-bond acceptors (Lipinski definition) is 3. The normalized spacial score (nSPS) is 14.3. The summed E-state index contributed by atoms with van der Waals surface area (Å²) >= 11 is 0. The summed E-state index contributed by atoms with van der Waals surface area (Å²) in [5.41, 5.74) is 7.66. The molecule has 0 amide bonds. The molecule has 126 valence electrons. The fourth-order valence-corrected chi connectivity index (χ4v) is 3.45. The van der Waals surface area contributed by atoms with Gasteiger partial charge in [-0.05, 0) is 25.0 Å². The molecule has 0 aliphatic carbocycles. The average molecular weight is 329 g/mol. The molecule has 0 bridgehead atoms. The average Bonchev–Trinajstić information content (AvgIpc) is 2.65. The maximum atomic E-state index is 4.82.